The lowest BCUT2D eigenvalue weighted by Crippen LogP contribution is -2.59. The first-order chi connectivity index (χ1) is 30.3. The minimum Gasteiger partial charge on any atom is -0.463 e. The predicted molar refractivity (Wildman–Crippen MR) is 221 cm³/mol. The van der Waals surface area contributed by atoms with Gasteiger partial charge < -0.3 is 37.9 Å². The summed E-state index contributed by atoms with van der Waals surface area (Å²) in [4.78, 5) is 83.9. The number of nitrogens with zero attached hydrogens (tertiary/aromatic N) is 10. The van der Waals surface area contributed by atoms with Crippen molar-refractivity contribution in [3.8, 4) is 12.1 Å². The molecule has 340 valence electrons. The second kappa shape index (κ2) is 25.4. The van der Waals surface area contributed by atoms with Gasteiger partial charge in [0.15, 0.2) is 11.4 Å². The van der Waals surface area contributed by atoms with Crippen molar-refractivity contribution in [2.24, 2.45) is 10.2 Å². The van der Waals surface area contributed by atoms with E-state index in [1.165, 1.54) is 32.3 Å². The lowest BCUT2D eigenvalue weighted by Gasteiger charge is -2.43. The first-order valence-corrected chi connectivity index (χ1v) is 21.0. The normalized spacial score (nSPS) is 24.4. The van der Waals surface area contributed by atoms with Gasteiger partial charge in [0.05, 0.1) is 5.02 Å². The van der Waals surface area contributed by atoms with Gasteiger partial charge in [-0.3, -0.25) is 28.8 Å². The molecule has 10 atom stereocenters. The Hall–Kier alpha value is -5.89. The Labute approximate surface area is 385 Å². The standard InChI is InChI=1S/C18H18BrN5O7S.C18H18ClN5O7S/c1-8(25)28-7-13-16(29-9(2)26)15(23-24-21)17(30-10(3)27)18(31-13)32-14-4-11(19)6-22-12(14)5-20;1-8(25)28-7-14-16(29-9(2)26)15(23-24-21)17(30-10(3)27)18(31-14)32-11-4-12(19)13(5-20)22-6-11/h4,6,13,15-18H,7H2,1-3H3;4,6,14-18H,7H2,1-3H3/t13?,15?,16-,17-,18+;14?,15?,16-,17-,18+/m00/s1. The topological polar surface area (TPSA) is 347 Å². The number of rotatable bonds is 14. The van der Waals surface area contributed by atoms with Gasteiger partial charge in [0.1, 0.15) is 84.9 Å². The van der Waals surface area contributed by atoms with E-state index in [9.17, 15) is 34.0 Å². The SMILES string of the molecule is CC(=O)OCC1O[C@H](Sc2cc(Br)cnc2C#N)[C@@H](OC(C)=O)C(N=[N+]=[N-])[C@H]1OC(C)=O.CC(=O)OCC1O[C@H](Sc2cnc(C#N)c(Cl)c2)[C@@H](OC(C)=O)C(N=[N+]=[N-])[C@H]1OC(C)=O. The molecule has 28 heteroatoms. The summed E-state index contributed by atoms with van der Waals surface area (Å²) in [7, 11) is 0. The third-order valence-corrected chi connectivity index (χ3v) is 11.1. The van der Waals surface area contributed by atoms with Crippen LogP contribution in [0.25, 0.3) is 20.9 Å². The van der Waals surface area contributed by atoms with Crippen molar-refractivity contribution in [3.05, 3.63) is 66.3 Å². The summed E-state index contributed by atoms with van der Waals surface area (Å²) in [6.45, 7) is 6.33. The fraction of sp³-hybridized carbons (Fsp3) is 0.500. The van der Waals surface area contributed by atoms with E-state index in [0.717, 1.165) is 51.2 Å². The van der Waals surface area contributed by atoms with Crippen LogP contribution >= 0.6 is 51.1 Å². The van der Waals surface area contributed by atoms with E-state index in [0.29, 0.717) is 14.3 Å². The second-order valence-corrected chi connectivity index (χ2v) is 16.5. The number of carbonyl (C=O) groups is 6. The Morgan fingerprint density at radius 1 is 0.703 bits per heavy atom. The highest BCUT2D eigenvalue weighted by Crippen LogP contribution is 2.40. The summed E-state index contributed by atoms with van der Waals surface area (Å²) in [6.07, 6.45) is -4.07. The number of pyridine rings is 2. The Morgan fingerprint density at radius 2 is 1.12 bits per heavy atom. The highest BCUT2D eigenvalue weighted by molar-refractivity contribution is 9.10. The number of hydrogen-bond donors (Lipinski definition) is 0. The van der Waals surface area contributed by atoms with Crippen molar-refractivity contribution in [2.75, 3.05) is 13.2 Å². The third-order valence-electron chi connectivity index (χ3n) is 8.06. The van der Waals surface area contributed by atoms with E-state index in [1.54, 1.807) is 6.07 Å². The zero-order valence-electron chi connectivity index (χ0n) is 34.3. The zero-order valence-corrected chi connectivity index (χ0v) is 38.2. The van der Waals surface area contributed by atoms with Crippen LogP contribution in [0, 0.1) is 22.7 Å². The molecule has 2 aliphatic rings. The van der Waals surface area contributed by atoms with Crippen molar-refractivity contribution in [1.29, 1.82) is 10.5 Å². The van der Waals surface area contributed by atoms with Gasteiger partial charge in [0.25, 0.3) is 0 Å². The third kappa shape index (κ3) is 15.7. The number of nitriles is 2. The number of azide groups is 2. The fourth-order valence-corrected chi connectivity index (χ4v) is 8.84. The maximum atomic E-state index is 11.8. The number of hydrogen-bond acceptors (Lipinski definition) is 22. The molecule has 4 unspecified atom stereocenters. The Balaban J connectivity index is 0.000000340. The van der Waals surface area contributed by atoms with E-state index in [-0.39, 0.29) is 29.6 Å². The average molecular weight is 1010 g/mol. The molecule has 4 heterocycles. The molecule has 4 rings (SSSR count). The highest BCUT2D eigenvalue weighted by Gasteiger charge is 2.51. The van der Waals surface area contributed by atoms with Gasteiger partial charge >= 0.3 is 35.8 Å². The first kappa shape index (κ1) is 52.5. The summed E-state index contributed by atoms with van der Waals surface area (Å²) in [5.74, 6) is -4.02. The largest absolute Gasteiger partial charge is 0.463 e. The minimum absolute atomic E-state index is 0.0201. The maximum absolute atomic E-state index is 11.8. The van der Waals surface area contributed by atoms with Crippen LogP contribution < -0.4 is 0 Å². The number of aromatic nitrogens is 2. The smallest absolute Gasteiger partial charge is 0.303 e. The van der Waals surface area contributed by atoms with Crippen molar-refractivity contribution in [1.82, 2.24) is 9.97 Å². The van der Waals surface area contributed by atoms with Gasteiger partial charge in [-0.2, -0.15) is 10.5 Å². The molecule has 2 aromatic rings. The first-order valence-electron chi connectivity index (χ1n) is 18.1. The van der Waals surface area contributed by atoms with E-state index in [1.807, 2.05) is 12.1 Å². The molecular formula is C36H36BrClN10O14S2. The molecule has 2 fully saturated rings. The number of ether oxygens (including phenoxy) is 8. The summed E-state index contributed by atoms with van der Waals surface area (Å²) in [5.41, 5.74) is 16.3. The lowest BCUT2D eigenvalue weighted by atomic mass is 9.97. The van der Waals surface area contributed by atoms with E-state index >= 15 is 0 Å². The summed E-state index contributed by atoms with van der Waals surface area (Å²) in [6, 6.07) is 4.48. The fourth-order valence-electron chi connectivity index (χ4n) is 5.76. The van der Waals surface area contributed by atoms with Crippen molar-refractivity contribution in [3.63, 3.8) is 0 Å². The van der Waals surface area contributed by atoms with Gasteiger partial charge in [-0.1, -0.05) is 45.4 Å². The van der Waals surface area contributed by atoms with Crippen molar-refractivity contribution < 1.29 is 66.7 Å². The molecule has 0 bridgehead atoms. The van der Waals surface area contributed by atoms with Crippen LogP contribution in [0.2, 0.25) is 5.02 Å². The van der Waals surface area contributed by atoms with E-state index in [4.69, 9.17) is 65.8 Å². The number of esters is 6. The van der Waals surface area contributed by atoms with E-state index < -0.39 is 95.4 Å². The van der Waals surface area contributed by atoms with Crippen LogP contribution in [0.4, 0.5) is 0 Å². The van der Waals surface area contributed by atoms with Gasteiger partial charge in [-0.15, -0.1) is 0 Å². The molecule has 0 aliphatic carbocycles. The molecule has 2 aromatic heterocycles. The molecule has 0 N–H and O–H groups in total. The highest BCUT2D eigenvalue weighted by atomic mass is 79.9. The Morgan fingerprint density at radius 3 is 1.52 bits per heavy atom. The quantitative estimate of drug-likeness (QED) is 0.0774. The average Bonchev–Trinajstić information content (AvgIpc) is 3.20. The van der Waals surface area contributed by atoms with Crippen LogP contribution in [0.15, 0.2) is 49.0 Å². The van der Waals surface area contributed by atoms with E-state index in [2.05, 4.69) is 45.9 Å². The molecule has 24 nitrogen and oxygen atoms in total. The van der Waals surface area contributed by atoms with Crippen LogP contribution in [-0.4, -0.2) is 119 Å². The number of carbonyl (C=O) groups excluding carboxylic acids is 6. The van der Waals surface area contributed by atoms with Gasteiger partial charge in [-0.05, 0) is 39.1 Å². The number of thioether (sulfide) groups is 2. The van der Waals surface area contributed by atoms with Gasteiger partial charge in [-0.25, -0.2) is 9.97 Å². The summed E-state index contributed by atoms with van der Waals surface area (Å²) in [5, 5.41) is 25.8. The molecule has 0 aromatic carbocycles. The molecule has 2 aliphatic heterocycles. The monoisotopic (exact) mass is 1010 g/mol. The summed E-state index contributed by atoms with van der Waals surface area (Å²) < 4.78 is 43.8. The zero-order chi connectivity index (χ0) is 47.7. The molecule has 64 heavy (non-hydrogen) atoms. The van der Waals surface area contributed by atoms with Gasteiger partial charge in [0, 0.05) is 78.0 Å². The lowest BCUT2D eigenvalue weighted by molar-refractivity contribution is -0.202. The molecule has 0 radical (unpaired) electrons. The molecule has 0 amide bonds. The molecular weight excluding hydrogens is 976 g/mol. The van der Waals surface area contributed by atoms with Crippen LogP contribution in [0.5, 0.6) is 0 Å². The van der Waals surface area contributed by atoms with Crippen LogP contribution in [-0.2, 0) is 66.7 Å². The second-order valence-electron chi connectivity index (χ2n) is 12.8. The van der Waals surface area contributed by atoms with Crippen LogP contribution in [0.1, 0.15) is 52.9 Å². The van der Waals surface area contributed by atoms with Crippen molar-refractivity contribution >= 4 is 86.9 Å². The van der Waals surface area contributed by atoms with Crippen LogP contribution in [0.3, 0.4) is 0 Å². The summed E-state index contributed by atoms with van der Waals surface area (Å²) >= 11 is 11.3. The van der Waals surface area contributed by atoms with Crippen molar-refractivity contribution in [2.45, 2.75) is 111 Å². The Kier molecular flexibility index (Phi) is 20.8. The predicted octanol–water partition coefficient (Wildman–Crippen LogP) is 5.17. The Bertz CT molecular complexity index is 2270. The maximum Gasteiger partial charge on any atom is 0.303 e. The minimum atomic E-state index is -1.21. The molecule has 0 saturated carbocycles. The van der Waals surface area contributed by atoms with Gasteiger partial charge in [0.2, 0.25) is 0 Å². The molecule has 2 saturated heterocycles. The molecule has 0 spiro atoms. The number of halogens is 2.